The predicted octanol–water partition coefficient (Wildman–Crippen LogP) is 7.11. The molecule has 2 aromatic carbocycles. The van der Waals surface area contributed by atoms with E-state index in [0.717, 1.165) is 34.1 Å². The number of pyridine rings is 1. The molecule has 2 heterocycles. The Bertz CT molecular complexity index is 1100. The van der Waals surface area contributed by atoms with Gasteiger partial charge in [-0.3, -0.25) is 4.79 Å². The number of amides is 1. The second-order valence-corrected chi connectivity index (χ2v) is 9.11. The number of hydrogen-bond donors (Lipinski definition) is 1. The van der Waals surface area contributed by atoms with Crippen LogP contribution in [-0.4, -0.2) is 22.8 Å². The summed E-state index contributed by atoms with van der Waals surface area (Å²) >= 11 is 16.2. The summed E-state index contributed by atoms with van der Waals surface area (Å²) in [5.74, 6) is -0.0882. The average molecular weight is 523 g/mol. The molecule has 4 rings (SSSR count). The molecule has 2 unspecified atom stereocenters. The van der Waals surface area contributed by atoms with E-state index in [2.05, 4.69) is 26.2 Å². The van der Waals surface area contributed by atoms with Gasteiger partial charge in [-0.25, -0.2) is 9.37 Å². The highest BCUT2D eigenvalue weighted by atomic mass is 79.9. The molecule has 4 nitrogen and oxygen atoms in total. The maximum absolute atomic E-state index is 13.4. The zero-order valence-electron chi connectivity index (χ0n) is 16.4. The monoisotopic (exact) mass is 521 g/mol. The molecule has 0 spiro atoms. The molecular weight excluding hydrogens is 504 g/mol. The Morgan fingerprint density at radius 2 is 1.97 bits per heavy atom. The molecule has 0 radical (unpaired) electrons. The van der Waals surface area contributed by atoms with Gasteiger partial charge in [0.1, 0.15) is 16.0 Å². The number of nitrogens with one attached hydrogen (secondary N) is 1. The van der Waals surface area contributed by atoms with Crippen LogP contribution in [0.2, 0.25) is 10.2 Å². The van der Waals surface area contributed by atoms with Gasteiger partial charge in [-0.1, -0.05) is 57.3 Å². The molecule has 8 heteroatoms. The molecule has 0 aliphatic carbocycles. The lowest BCUT2D eigenvalue weighted by Crippen LogP contribution is -2.35. The number of anilines is 2. The minimum absolute atomic E-state index is 0.176. The second-order valence-electron chi connectivity index (χ2n) is 7.46. The third-order valence-corrected chi connectivity index (χ3v) is 6.82. The van der Waals surface area contributed by atoms with Gasteiger partial charge in [-0.15, -0.1) is 0 Å². The Morgan fingerprint density at radius 1 is 1.19 bits per heavy atom. The Kier molecular flexibility index (Phi) is 6.80. The molecule has 1 fully saturated rings. The van der Waals surface area contributed by atoms with Crippen molar-refractivity contribution in [3.8, 4) is 0 Å². The van der Waals surface area contributed by atoms with Crippen molar-refractivity contribution < 1.29 is 9.18 Å². The first-order valence-electron chi connectivity index (χ1n) is 9.79. The van der Waals surface area contributed by atoms with E-state index in [9.17, 15) is 9.18 Å². The van der Waals surface area contributed by atoms with Crippen LogP contribution in [0.1, 0.15) is 35.9 Å². The number of nitrogens with zero attached hydrogens (tertiary/aromatic N) is 2. The maximum Gasteiger partial charge on any atom is 0.210 e. The lowest BCUT2D eigenvalue weighted by atomic mass is 9.83. The molecular formula is C23H19BrCl2FN3O. The van der Waals surface area contributed by atoms with Crippen molar-refractivity contribution in [3.05, 3.63) is 86.3 Å². The average Bonchev–Trinajstić information content (AvgIpc) is 2.77. The molecule has 1 aromatic heterocycles. The summed E-state index contributed by atoms with van der Waals surface area (Å²) in [5.41, 5.74) is 3.28. The first-order chi connectivity index (χ1) is 15.0. The molecule has 1 saturated heterocycles. The number of aromatic nitrogens is 1. The number of carbonyl (C=O) groups excluding carboxylic acids is 1. The van der Waals surface area contributed by atoms with Crippen molar-refractivity contribution in [2.45, 2.75) is 24.8 Å². The SMILES string of the molecule is O=CN1CCC(c2ccc(F)cc2)CC1c1cnc(Cl)c(Cl)c1Nc1cccc(Br)c1. The third-order valence-electron chi connectivity index (χ3n) is 5.58. The van der Waals surface area contributed by atoms with E-state index in [1.807, 2.05) is 24.3 Å². The molecule has 0 bridgehead atoms. The van der Waals surface area contributed by atoms with Gasteiger partial charge in [0, 0.05) is 28.5 Å². The van der Waals surface area contributed by atoms with Gasteiger partial charge in [-0.05, 0) is 54.7 Å². The van der Waals surface area contributed by atoms with Crippen LogP contribution in [0.5, 0.6) is 0 Å². The fourth-order valence-electron chi connectivity index (χ4n) is 4.02. The molecule has 1 aliphatic rings. The van der Waals surface area contributed by atoms with Crippen LogP contribution in [0, 0.1) is 5.82 Å². The zero-order valence-corrected chi connectivity index (χ0v) is 19.5. The van der Waals surface area contributed by atoms with Gasteiger partial charge in [0.25, 0.3) is 0 Å². The molecule has 31 heavy (non-hydrogen) atoms. The minimum atomic E-state index is -0.264. The number of likely N-dealkylation sites (tertiary alicyclic amines) is 1. The zero-order chi connectivity index (χ0) is 22.0. The highest BCUT2D eigenvalue weighted by Crippen LogP contribution is 2.44. The summed E-state index contributed by atoms with van der Waals surface area (Å²) < 4.78 is 14.3. The van der Waals surface area contributed by atoms with Crippen LogP contribution >= 0.6 is 39.1 Å². The Balaban J connectivity index is 1.72. The summed E-state index contributed by atoms with van der Waals surface area (Å²) in [6.45, 7) is 0.576. The van der Waals surface area contributed by atoms with Gasteiger partial charge in [0.2, 0.25) is 6.41 Å². The summed E-state index contributed by atoms with van der Waals surface area (Å²) in [4.78, 5) is 17.9. The summed E-state index contributed by atoms with van der Waals surface area (Å²) in [6.07, 6.45) is 3.99. The molecule has 1 N–H and O–H groups in total. The topological polar surface area (TPSA) is 45.2 Å². The van der Waals surface area contributed by atoms with E-state index >= 15 is 0 Å². The van der Waals surface area contributed by atoms with Crippen LogP contribution < -0.4 is 5.32 Å². The number of carbonyl (C=O) groups is 1. The smallest absolute Gasteiger partial charge is 0.210 e. The van der Waals surface area contributed by atoms with Crippen molar-refractivity contribution in [1.29, 1.82) is 0 Å². The lowest BCUT2D eigenvalue weighted by Gasteiger charge is -2.38. The number of benzene rings is 2. The Hall–Kier alpha value is -2.15. The van der Waals surface area contributed by atoms with Crippen molar-refractivity contribution in [1.82, 2.24) is 9.88 Å². The van der Waals surface area contributed by atoms with Gasteiger partial charge in [-0.2, -0.15) is 0 Å². The third kappa shape index (κ3) is 4.86. The minimum Gasteiger partial charge on any atom is -0.354 e. The lowest BCUT2D eigenvalue weighted by molar-refractivity contribution is -0.121. The van der Waals surface area contributed by atoms with Crippen molar-refractivity contribution in [3.63, 3.8) is 0 Å². The van der Waals surface area contributed by atoms with Crippen LogP contribution in [0.4, 0.5) is 15.8 Å². The van der Waals surface area contributed by atoms with E-state index in [1.165, 1.54) is 12.1 Å². The van der Waals surface area contributed by atoms with E-state index in [1.54, 1.807) is 23.2 Å². The Morgan fingerprint density at radius 3 is 2.68 bits per heavy atom. The number of piperidine rings is 1. The van der Waals surface area contributed by atoms with E-state index < -0.39 is 0 Å². The van der Waals surface area contributed by atoms with Crippen molar-refractivity contribution in [2.75, 3.05) is 11.9 Å². The molecule has 1 amide bonds. The molecule has 1 aliphatic heterocycles. The van der Waals surface area contributed by atoms with Crippen molar-refractivity contribution >= 4 is 56.9 Å². The molecule has 2 atom stereocenters. The highest BCUT2D eigenvalue weighted by molar-refractivity contribution is 9.10. The quantitative estimate of drug-likeness (QED) is 0.287. The normalized spacial score (nSPS) is 18.6. The van der Waals surface area contributed by atoms with E-state index in [-0.39, 0.29) is 22.9 Å². The highest BCUT2D eigenvalue weighted by Gasteiger charge is 2.32. The largest absolute Gasteiger partial charge is 0.354 e. The molecule has 160 valence electrons. The van der Waals surface area contributed by atoms with Gasteiger partial charge >= 0.3 is 0 Å². The van der Waals surface area contributed by atoms with Gasteiger partial charge < -0.3 is 10.2 Å². The van der Waals surface area contributed by atoms with Crippen LogP contribution in [0.25, 0.3) is 0 Å². The summed E-state index contributed by atoms with van der Waals surface area (Å²) in [7, 11) is 0. The first kappa shape index (κ1) is 22.1. The number of rotatable bonds is 5. The second kappa shape index (κ2) is 9.55. The maximum atomic E-state index is 13.4. The fourth-order valence-corrected chi connectivity index (χ4v) is 4.77. The Labute approximate surface area is 198 Å². The number of halogens is 4. The summed E-state index contributed by atoms with van der Waals surface area (Å²) in [6, 6.07) is 14.0. The predicted molar refractivity (Wildman–Crippen MR) is 126 cm³/mol. The van der Waals surface area contributed by atoms with Crippen molar-refractivity contribution in [2.24, 2.45) is 0 Å². The fraction of sp³-hybridized carbons (Fsp3) is 0.217. The molecule has 3 aromatic rings. The standard InChI is InChI=1S/C23H19BrCl2FN3O/c24-16-2-1-3-18(11-16)29-22-19(12-28-23(26)21(22)25)20-10-15(8-9-30(20)13-31)14-4-6-17(27)7-5-14/h1-7,11-13,15,20H,8-10H2,(H,28,29). The van der Waals surface area contributed by atoms with Gasteiger partial charge in [0.05, 0.1) is 11.7 Å². The molecule has 0 saturated carbocycles. The van der Waals surface area contributed by atoms with E-state index in [4.69, 9.17) is 23.2 Å². The van der Waals surface area contributed by atoms with E-state index in [0.29, 0.717) is 23.7 Å². The van der Waals surface area contributed by atoms with Crippen LogP contribution in [-0.2, 0) is 4.79 Å². The van der Waals surface area contributed by atoms with Gasteiger partial charge in [0.15, 0.2) is 0 Å². The van der Waals surface area contributed by atoms with Crippen LogP contribution in [0.15, 0.2) is 59.2 Å². The summed E-state index contributed by atoms with van der Waals surface area (Å²) in [5, 5.41) is 3.83. The van der Waals surface area contributed by atoms with Crippen LogP contribution in [0.3, 0.4) is 0 Å². The number of hydrogen-bond acceptors (Lipinski definition) is 3. The first-order valence-corrected chi connectivity index (χ1v) is 11.3.